The van der Waals surface area contributed by atoms with E-state index in [2.05, 4.69) is 36.9 Å². The minimum atomic E-state index is 0.168. The molecule has 1 N–H and O–H groups in total. The third-order valence-electron chi connectivity index (χ3n) is 4.60. The lowest BCUT2D eigenvalue weighted by molar-refractivity contribution is 0.474. The molecule has 0 aliphatic heterocycles. The molecular weight excluding hydrogens is 516 g/mol. The quantitative estimate of drug-likeness (QED) is 0.261. The second kappa shape index (κ2) is 9.86. The Bertz CT molecular complexity index is 1250. The zero-order valence-electron chi connectivity index (χ0n) is 16.4. The van der Waals surface area contributed by atoms with Gasteiger partial charge in [0.2, 0.25) is 0 Å². The van der Waals surface area contributed by atoms with Crippen LogP contribution in [0.3, 0.4) is 0 Å². The van der Waals surface area contributed by atoms with Crippen molar-refractivity contribution < 1.29 is 5.11 Å². The first kappa shape index (κ1) is 21.2. The highest BCUT2D eigenvalue weighted by Crippen LogP contribution is 2.32. The first-order valence-electron chi connectivity index (χ1n) is 9.62. The molecule has 0 radical (unpaired) electrons. The zero-order chi connectivity index (χ0) is 21.6. The molecule has 4 aromatic carbocycles. The Kier molecular flexibility index (Phi) is 6.75. The van der Waals surface area contributed by atoms with E-state index < -0.39 is 0 Å². The number of nitrogens with zero attached hydrogens (tertiary/aromatic N) is 2. The Hall–Kier alpha value is -3.02. The van der Waals surface area contributed by atoms with Crippen molar-refractivity contribution in [2.45, 2.75) is 0 Å². The van der Waals surface area contributed by atoms with Crippen LogP contribution in [0.15, 0.2) is 116 Å². The fourth-order valence-corrected chi connectivity index (χ4v) is 3.68. The van der Waals surface area contributed by atoms with E-state index in [-0.39, 0.29) is 5.75 Å². The topological polar surface area (TPSA) is 45.0 Å². The molecule has 0 unspecified atom stereocenters. The number of aromatic hydroxyl groups is 1. The van der Waals surface area contributed by atoms with Gasteiger partial charge in [-0.05, 0) is 48.0 Å². The third kappa shape index (κ3) is 5.37. The van der Waals surface area contributed by atoms with Crippen molar-refractivity contribution in [2.75, 3.05) is 0 Å². The SMILES string of the molecule is Oc1ccc(Br)cc1C(=Nc1ccccc1N=Cc1ccc(Br)cc1)c1ccccc1. The lowest BCUT2D eigenvalue weighted by Gasteiger charge is -2.11. The van der Waals surface area contributed by atoms with Crippen molar-refractivity contribution in [3.63, 3.8) is 0 Å². The summed E-state index contributed by atoms with van der Waals surface area (Å²) in [5.41, 5.74) is 4.68. The highest BCUT2D eigenvalue weighted by molar-refractivity contribution is 9.10. The van der Waals surface area contributed by atoms with Gasteiger partial charge in [0, 0.05) is 26.3 Å². The van der Waals surface area contributed by atoms with Crippen LogP contribution in [-0.2, 0) is 0 Å². The standard InChI is InChI=1S/C26H18Br2N2O/c27-20-12-10-18(11-13-20)17-29-23-8-4-5-9-24(23)30-26(19-6-2-1-3-7-19)22-16-21(28)14-15-25(22)31/h1-17,31H. The van der Waals surface area contributed by atoms with E-state index in [1.165, 1.54) is 0 Å². The van der Waals surface area contributed by atoms with E-state index in [1.807, 2.05) is 91.1 Å². The predicted molar refractivity (Wildman–Crippen MR) is 135 cm³/mol. The molecule has 3 nitrogen and oxygen atoms in total. The van der Waals surface area contributed by atoms with Crippen molar-refractivity contribution in [1.82, 2.24) is 0 Å². The van der Waals surface area contributed by atoms with Gasteiger partial charge in [0.15, 0.2) is 0 Å². The van der Waals surface area contributed by atoms with Gasteiger partial charge in [-0.1, -0.05) is 86.5 Å². The van der Waals surface area contributed by atoms with Gasteiger partial charge in [0.05, 0.1) is 17.1 Å². The lowest BCUT2D eigenvalue weighted by atomic mass is 10.0. The van der Waals surface area contributed by atoms with E-state index in [0.717, 1.165) is 25.8 Å². The van der Waals surface area contributed by atoms with E-state index >= 15 is 0 Å². The Morgan fingerprint density at radius 3 is 2.10 bits per heavy atom. The van der Waals surface area contributed by atoms with E-state index in [9.17, 15) is 5.11 Å². The first-order valence-corrected chi connectivity index (χ1v) is 11.2. The summed E-state index contributed by atoms with van der Waals surface area (Å²) in [4.78, 5) is 9.61. The second-order valence-corrected chi connectivity index (χ2v) is 8.62. The second-order valence-electron chi connectivity index (χ2n) is 6.79. The monoisotopic (exact) mass is 532 g/mol. The summed E-state index contributed by atoms with van der Waals surface area (Å²) in [6, 6.07) is 30.8. The van der Waals surface area contributed by atoms with E-state index in [0.29, 0.717) is 17.0 Å². The van der Waals surface area contributed by atoms with Crippen molar-refractivity contribution in [3.05, 3.63) is 123 Å². The minimum absolute atomic E-state index is 0.168. The molecule has 0 fully saturated rings. The number of halogens is 2. The number of hydrogen-bond acceptors (Lipinski definition) is 3. The zero-order valence-corrected chi connectivity index (χ0v) is 19.6. The van der Waals surface area contributed by atoms with Crippen LogP contribution in [0.5, 0.6) is 5.75 Å². The largest absolute Gasteiger partial charge is 0.507 e. The average Bonchev–Trinajstić information content (AvgIpc) is 2.80. The van der Waals surface area contributed by atoms with Crippen LogP contribution in [0.4, 0.5) is 11.4 Å². The molecule has 0 bridgehead atoms. The molecule has 0 amide bonds. The van der Waals surface area contributed by atoms with Gasteiger partial charge >= 0.3 is 0 Å². The third-order valence-corrected chi connectivity index (χ3v) is 5.62. The smallest absolute Gasteiger partial charge is 0.125 e. The molecule has 0 spiro atoms. The number of phenols is 1. The van der Waals surface area contributed by atoms with Crippen molar-refractivity contribution in [2.24, 2.45) is 9.98 Å². The molecule has 0 aliphatic rings. The van der Waals surface area contributed by atoms with Gasteiger partial charge in [0.25, 0.3) is 0 Å². The highest BCUT2D eigenvalue weighted by Gasteiger charge is 2.13. The Morgan fingerprint density at radius 1 is 0.710 bits per heavy atom. The summed E-state index contributed by atoms with van der Waals surface area (Å²) in [7, 11) is 0. The summed E-state index contributed by atoms with van der Waals surface area (Å²) in [6.07, 6.45) is 1.82. The normalized spacial score (nSPS) is 11.7. The number of aliphatic imine (C=N–C) groups is 2. The predicted octanol–water partition coefficient (Wildman–Crippen LogP) is 7.84. The molecular formula is C26H18Br2N2O. The minimum Gasteiger partial charge on any atom is -0.507 e. The number of benzene rings is 4. The molecule has 0 saturated carbocycles. The van der Waals surface area contributed by atoms with E-state index in [1.54, 1.807) is 12.1 Å². The van der Waals surface area contributed by atoms with Crippen LogP contribution in [0.25, 0.3) is 0 Å². The molecule has 0 aliphatic carbocycles. The maximum absolute atomic E-state index is 10.6. The summed E-state index contributed by atoms with van der Waals surface area (Å²) >= 11 is 6.95. The maximum Gasteiger partial charge on any atom is 0.125 e. The Balaban J connectivity index is 1.82. The van der Waals surface area contributed by atoms with Crippen LogP contribution >= 0.6 is 31.9 Å². The van der Waals surface area contributed by atoms with Crippen LogP contribution in [0.1, 0.15) is 16.7 Å². The number of rotatable bonds is 5. The average molecular weight is 534 g/mol. The van der Waals surface area contributed by atoms with Gasteiger partial charge in [-0.3, -0.25) is 4.99 Å². The Morgan fingerprint density at radius 2 is 1.35 bits per heavy atom. The summed E-state index contributed by atoms with van der Waals surface area (Å²) < 4.78 is 1.89. The van der Waals surface area contributed by atoms with Crippen LogP contribution in [-0.4, -0.2) is 17.0 Å². The molecule has 4 aromatic rings. The van der Waals surface area contributed by atoms with Crippen molar-refractivity contribution in [3.8, 4) is 5.75 Å². The van der Waals surface area contributed by atoms with Gasteiger partial charge in [-0.15, -0.1) is 0 Å². The summed E-state index contributed by atoms with van der Waals surface area (Å²) in [5.74, 6) is 0.168. The van der Waals surface area contributed by atoms with Crippen molar-refractivity contribution in [1.29, 1.82) is 0 Å². The number of para-hydroxylation sites is 2. The van der Waals surface area contributed by atoms with Crippen LogP contribution in [0.2, 0.25) is 0 Å². The molecule has 0 atom stereocenters. The summed E-state index contributed by atoms with van der Waals surface area (Å²) in [5, 5.41) is 10.6. The molecule has 0 aromatic heterocycles. The van der Waals surface area contributed by atoms with E-state index in [4.69, 9.17) is 4.99 Å². The fraction of sp³-hybridized carbons (Fsp3) is 0. The summed E-state index contributed by atoms with van der Waals surface area (Å²) in [6.45, 7) is 0. The Labute approximate surface area is 198 Å². The molecule has 0 saturated heterocycles. The molecule has 31 heavy (non-hydrogen) atoms. The number of hydrogen-bond donors (Lipinski definition) is 1. The van der Waals surface area contributed by atoms with Crippen molar-refractivity contribution >= 4 is 55.2 Å². The molecule has 152 valence electrons. The number of phenolic OH excluding ortho intramolecular Hbond substituents is 1. The maximum atomic E-state index is 10.6. The van der Waals surface area contributed by atoms with Gasteiger partial charge in [-0.25, -0.2) is 4.99 Å². The first-order chi connectivity index (χ1) is 15.1. The highest BCUT2D eigenvalue weighted by atomic mass is 79.9. The van der Waals surface area contributed by atoms with Gasteiger partial charge < -0.3 is 5.11 Å². The van der Waals surface area contributed by atoms with Gasteiger partial charge in [0.1, 0.15) is 5.75 Å². The van der Waals surface area contributed by atoms with Crippen LogP contribution in [0, 0.1) is 0 Å². The molecule has 4 rings (SSSR count). The lowest BCUT2D eigenvalue weighted by Crippen LogP contribution is -2.03. The molecule has 5 heteroatoms. The van der Waals surface area contributed by atoms with Crippen LogP contribution < -0.4 is 0 Å². The fourth-order valence-electron chi connectivity index (χ4n) is 3.06. The van der Waals surface area contributed by atoms with Gasteiger partial charge in [-0.2, -0.15) is 0 Å². The molecule has 0 heterocycles.